The standard InChI is InChI=1S/C15H21BrS2/c1-3-4-5-6-7-8-9-12-11(2)18-15-13(16)10-17-14(12)15/h10H,3-9H2,1-2H3. The summed E-state index contributed by atoms with van der Waals surface area (Å²) in [5.41, 5.74) is 1.61. The molecule has 0 aliphatic rings. The molecule has 3 heteroatoms. The lowest BCUT2D eigenvalue weighted by Crippen LogP contribution is -1.86. The SMILES string of the molecule is CCCCCCCCc1c(C)sc2c(Br)csc12. The van der Waals surface area contributed by atoms with E-state index in [1.54, 1.807) is 5.56 Å². The van der Waals surface area contributed by atoms with E-state index in [4.69, 9.17) is 0 Å². The maximum atomic E-state index is 3.65. The van der Waals surface area contributed by atoms with Crippen LogP contribution in [0.15, 0.2) is 9.85 Å². The number of fused-ring (bicyclic) bond motifs is 1. The Morgan fingerprint density at radius 1 is 1.06 bits per heavy atom. The third-order valence-electron chi connectivity index (χ3n) is 3.44. The first-order chi connectivity index (χ1) is 8.74. The largest absolute Gasteiger partial charge is 0.141 e. The Labute approximate surface area is 127 Å². The van der Waals surface area contributed by atoms with Crippen molar-refractivity contribution in [2.45, 2.75) is 58.8 Å². The lowest BCUT2D eigenvalue weighted by molar-refractivity contribution is 0.608. The van der Waals surface area contributed by atoms with Crippen LogP contribution in [0.3, 0.4) is 0 Å². The summed E-state index contributed by atoms with van der Waals surface area (Å²) in [6, 6.07) is 0. The smallest absolute Gasteiger partial charge is 0.0598 e. The molecule has 0 aliphatic heterocycles. The van der Waals surface area contributed by atoms with Crippen LogP contribution in [0.2, 0.25) is 0 Å². The van der Waals surface area contributed by atoms with E-state index in [0.717, 1.165) is 0 Å². The van der Waals surface area contributed by atoms with Crippen molar-refractivity contribution < 1.29 is 0 Å². The van der Waals surface area contributed by atoms with Crippen LogP contribution in [0.5, 0.6) is 0 Å². The summed E-state index contributed by atoms with van der Waals surface area (Å²) in [4.78, 5) is 1.52. The second-order valence-electron chi connectivity index (χ2n) is 4.90. The lowest BCUT2D eigenvalue weighted by atomic mass is 10.1. The van der Waals surface area contributed by atoms with E-state index in [9.17, 15) is 0 Å². The summed E-state index contributed by atoms with van der Waals surface area (Å²) in [7, 11) is 0. The van der Waals surface area contributed by atoms with E-state index in [1.807, 2.05) is 22.7 Å². The van der Waals surface area contributed by atoms with Crippen LogP contribution in [0.1, 0.15) is 55.9 Å². The fourth-order valence-electron chi connectivity index (χ4n) is 2.38. The molecule has 0 nitrogen and oxygen atoms in total. The Bertz CT molecular complexity index is 496. The van der Waals surface area contributed by atoms with Crippen LogP contribution in [0.25, 0.3) is 9.40 Å². The molecule has 0 aliphatic carbocycles. The van der Waals surface area contributed by atoms with E-state index in [0.29, 0.717) is 0 Å². The van der Waals surface area contributed by atoms with Gasteiger partial charge in [0, 0.05) is 19.4 Å². The minimum atomic E-state index is 1.27. The maximum absolute atomic E-state index is 3.65. The third-order valence-corrected chi connectivity index (χ3v) is 6.98. The number of hydrogen-bond donors (Lipinski definition) is 0. The summed E-state index contributed by atoms with van der Waals surface area (Å²) in [6.07, 6.45) is 9.58. The summed E-state index contributed by atoms with van der Waals surface area (Å²) in [5.74, 6) is 0. The lowest BCUT2D eigenvalue weighted by Gasteiger charge is -2.01. The first-order valence-corrected chi connectivity index (χ1v) is 9.38. The van der Waals surface area contributed by atoms with Gasteiger partial charge in [-0.1, -0.05) is 39.0 Å². The van der Waals surface area contributed by atoms with Crippen LogP contribution in [-0.4, -0.2) is 0 Å². The molecule has 2 aromatic rings. The van der Waals surface area contributed by atoms with Crippen molar-refractivity contribution in [1.82, 2.24) is 0 Å². The van der Waals surface area contributed by atoms with Gasteiger partial charge in [0.25, 0.3) is 0 Å². The summed E-state index contributed by atoms with van der Waals surface area (Å²) < 4.78 is 4.27. The van der Waals surface area contributed by atoms with E-state index in [1.165, 1.54) is 63.7 Å². The average Bonchev–Trinajstić information content (AvgIpc) is 2.85. The van der Waals surface area contributed by atoms with E-state index < -0.39 is 0 Å². The quantitative estimate of drug-likeness (QED) is 0.477. The van der Waals surface area contributed by atoms with Gasteiger partial charge in [0.05, 0.1) is 4.70 Å². The van der Waals surface area contributed by atoms with Gasteiger partial charge in [-0.15, -0.1) is 22.7 Å². The Kier molecular flexibility index (Phi) is 5.71. The van der Waals surface area contributed by atoms with E-state index in [-0.39, 0.29) is 0 Å². The Morgan fingerprint density at radius 2 is 1.78 bits per heavy atom. The zero-order valence-corrected chi connectivity index (χ0v) is 14.4. The minimum absolute atomic E-state index is 1.27. The maximum Gasteiger partial charge on any atom is 0.0598 e. The van der Waals surface area contributed by atoms with Crippen molar-refractivity contribution in [1.29, 1.82) is 0 Å². The van der Waals surface area contributed by atoms with Crippen molar-refractivity contribution >= 4 is 48.0 Å². The van der Waals surface area contributed by atoms with Crippen LogP contribution in [0, 0.1) is 6.92 Å². The first-order valence-electron chi connectivity index (χ1n) is 6.89. The molecule has 0 saturated carbocycles. The average molecular weight is 345 g/mol. The fourth-order valence-corrected chi connectivity index (χ4v) is 5.60. The molecule has 2 heterocycles. The Hall–Kier alpha value is 0.140. The van der Waals surface area contributed by atoms with Gasteiger partial charge < -0.3 is 0 Å². The van der Waals surface area contributed by atoms with Crippen molar-refractivity contribution in [3.05, 3.63) is 20.3 Å². The normalized spacial score (nSPS) is 11.5. The van der Waals surface area contributed by atoms with Gasteiger partial charge >= 0.3 is 0 Å². The van der Waals surface area contributed by atoms with Crippen molar-refractivity contribution in [3.63, 3.8) is 0 Å². The van der Waals surface area contributed by atoms with Gasteiger partial charge in [-0.3, -0.25) is 0 Å². The van der Waals surface area contributed by atoms with Crippen LogP contribution in [0.4, 0.5) is 0 Å². The molecule has 0 fully saturated rings. The van der Waals surface area contributed by atoms with Gasteiger partial charge in [0.2, 0.25) is 0 Å². The minimum Gasteiger partial charge on any atom is -0.141 e. The van der Waals surface area contributed by atoms with E-state index >= 15 is 0 Å². The van der Waals surface area contributed by atoms with Gasteiger partial charge in [-0.2, -0.15) is 0 Å². The van der Waals surface area contributed by atoms with Crippen molar-refractivity contribution in [2.75, 3.05) is 0 Å². The predicted molar refractivity (Wildman–Crippen MR) is 89.2 cm³/mol. The third kappa shape index (κ3) is 3.37. The molecular formula is C15H21BrS2. The Morgan fingerprint density at radius 3 is 2.56 bits per heavy atom. The molecule has 2 aromatic heterocycles. The molecule has 0 N–H and O–H groups in total. The highest BCUT2D eigenvalue weighted by atomic mass is 79.9. The molecular weight excluding hydrogens is 324 g/mol. The van der Waals surface area contributed by atoms with Gasteiger partial charge in [0.15, 0.2) is 0 Å². The molecule has 0 bridgehead atoms. The molecule has 2 rings (SSSR count). The second-order valence-corrected chi connectivity index (χ2v) is 7.86. The molecule has 100 valence electrons. The van der Waals surface area contributed by atoms with Crippen LogP contribution >= 0.6 is 38.6 Å². The van der Waals surface area contributed by atoms with E-state index in [2.05, 4.69) is 35.2 Å². The molecule has 0 saturated heterocycles. The summed E-state index contributed by atoms with van der Waals surface area (Å²) in [6.45, 7) is 4.55. The van der Waals surface area contributed by atoms with Crippen molar-refractivity contribution in [2.24, 2.45) is 0 Å². The van der Waals surface area contributed by atoms with Crippen molar-refractivity contribution in [3.8, 4) is 0 Å². The monoisotopic (exact) mass is 344 g/mol. The molecule has 0 spiro atoms. The first kappa shape index (κ1) is 14.5. The molecule has 0 aromatic carbocycles. The Balaban J connectivity index is 1.89. The zero-order chi connectivity index (χ0) is 13.0. The highest BCUT2D eigenvalue weighted by molar-refractivity contribution is 9.10. The molecule has 0 atom stereocenters. The number of halogens is 1. The number of thiophene rings is 2. The van der Waals surface area contributed by atoms with Gasteiger partial charge in [-0.05, 0) is 41.3 Å². The number of rotatable bonds is 7. The second kappa shape index (κ2) is 7.06. The highest BCUT2D eigenvalue weighted by Gasteiger charge is 2.12. The summed E-state index contributed by atoms with van der Waals surface area (Å²) >= 11 is 7.49. The molecule has 0 radical (unpaired) electrons. The number of aryl methyl sites for hydroxylation is 2. The number of unbranched alkanes of at least 4 members (excludes halogenated alkanes) is 5. The topological polar surface area (TPSA) is 0 Å². The summed E-state index contributed by atoms with van der Waals surface area (Å²) in [5, 5.41) is 2.23. The fraction of sp³-hybridized carbons (Fsp3) is 0.600. The van der Waals surface area contributed by atoms with Gasteiger partial charge in [0.1, 0.15) is 0 Å². The highest BCUT2D eigenvalue weighted by Crippen LogP contribution is 2.41. The van der Waals surface area contributed by atoms with Crippen LogP contribution < -0.4 is 0 Å². The molecule has 18 heavy (non-hydrogen) atoms. The number of hydrogen-bond acceptors (Lipinski definition) is 2. The predicted octanol–water partition coefficient (Wildman–Crippen LogP) is 6.94. The molecule has 0 unspecified atom stereocenters. The van der Waals surface area contributed by atoms with Gasteiger partial charge in [-0.25, -0.2) is 0 Å². The molecule has 0 amide bonds. The zero-order valence-electron chi connectivity index (χ0n) is 11.2. The van der Waals surface area contributed by atoms with Crippen LogP contribution in [-0.2, 0) is 6.42 Å².